The van der Waals surface area contributed by atoms with E-state index in [0.29, 0.717) is 11.3 Å². The second kappa shape index (κ2) is 5.90. The summed E-state index contributed by atoms with van der Waals surface area (Å²) in [6.07, 6.45) is 0. The Labute approximate surface area is 105 Å². The van der Waals surface area contributed by atoms with Crippen molar-refractivity contribution < 1.29 is 19.1 Å². The van der Waals surface area contributed by atoms with E-state index in [1.54, 1.807) is 18.2 Å². The number of para-hydroxylation sites is 1. The van der Waals surface area contributed by atoms with E-state index in [9.17, 15) is 9.59 Å². The van der Waals surface area contributed by atoms with E-state index >= 15 is 0 Å². The van der Waals surface area contributed by atoms with Crippen LogP contribution in [-0.2, 0) is 9.53 Å². The predicted octanol–water partition coefficient (Wildman–Crippen LogP) is 0.522. The number of carbonyl (C=O) groups is 2. The molecule has 0 bridgehead atoms. The zero-order chi connectivity index (χ0) is 13.7. The third-order valence-electron chi connectivity index (χ3n) is 2.46. The summed E-state index contributed by atoms with van der Waals surface area (Å²) in [6.45, 7) is -0.133. The molecule has 98 valence electrons. The smallest absolute Gasteiger partial charge is 0.325 e. The van der Waals surface area contributed by atoms with E-state index in [1.165, 1.54) is 26.2 Å². The largest absolute Gasteiger partial charge is 0.495 e. The molecule has 0 aliphatic heterocycles. The first-order chi connectivity index (χ1) is 8.51. The maximum Gasteiger partial charge on any atom is 0.325 e. The van der Waals surface area contributed by atoms with Crippen LogP contribution in [0.2, 0.25) is 0 Å². The van der Waals surface area contributed by atoms with Crippen molar-refractivity contribution in [3.05, 3.63) is 23.8 Å². The highest BCUT2D eigenvalue weighted by Crippen LogP contribution is 2.25. The molecule has 0 heterocycles. The first kappa shape index (κ1) is 13.8. The zero-order valence-electron chi connectivity index (χ0n) is 10.6. The molecule has 6 nitrogen and oxygen atoms in total. The molecule has 0 saturated heterocycles. The number of rotatable bonds is 4. The van der Waals surface area contributed by atoms with Crippen molar-refractivity contribution in [1.29, 1.82) is 0 Å². The normalized spacial score (nSPS) is 9.72. The minimum Gasteiger partial charge on any atom is -0.495 e. The van der Waals surface area contributed by atoms with Crippen molar-refractivity contribution in [3.63, 3.8) is 0 Å². The fraction of sp³-hybridized carbons (Fsp3) is 0.333. The van der Waals surface area contributed by atoms with Gasteiger partial charge in [-0.1, -0.05) is 6.07 Å². The Hall–Kier alpha value is -2.24. The van der Waals surface area contributed by atoms with E-state index in [-0.39, 0.29) is 18.1 Å². The van der Waals surface area contributed by atoms with Gasteiger partial charge in [0.25, 0.3) is 5.91 Å². The lowest BCUT2D eigenvalue weighted by molar-refractivity contribution is -0.141. The van der Waals surface area contributed by atoms with Crippen LogP contribution in [-0.4, -0.2) is 44.6 Å². The van der Waals surface area contributed by atoms with E-state index < -0.39 is 5.97 Å². The average molecular weight is 252 g/mol. The lowest BCUT2D eigenvalue weighted by Gasteiger charge is -2.17. The van der Waals surface area contributed by atoms with Gasteiger partial charge in [0.15, 0.2) is 0 Å². The molecule has 0 unspecified atom stereocenters. The Kier molecular flexibility index (Phi) is 4.53. The van der Waals surface area contributed by atoms with Gasteiger partial charge in [0.2, 0.25) is 0 Å². The van der Waals surface area contributed by atoms with Crippen LogP contribution in [0.1, 0.15) is 10.4 Å². The summed E-state index contributed by atoms with van der Waals surface area (Å²) < 4.78 is 9.52. The van der Waals surface area contributed by atoms with Crippen molar-refractivity contribution >= 4 is 17.6 Å². The molecule has 0 radical (unpaired) electrons. The molecule has 0 fully saturated rings. The summed E-state index contributed by atoms with van der Waals surface area (Å²) in [5.74, 6) is -0.434. The number of amides is 1. The van der Waals surface area contributed by atoms with Gasteiger partial charge in [-0.25, -0.2) is 0 Å². The van der Waals surface area contributed by atoms with Crippen LogP contribution < -0.4 is 10.5 Å². The third kappa shape index (κ3) is 2.91. The van der Waals surface area contributed by atoms with Gasteiger partial charge in [0.1, 0.15) is 12.3 Å². The van der Waals surface area contributed by atoms with Gasteiger partial charge >= 0.3 is 5.97 Å². The number of esters is 1. The molecule has 0 aromatic heterocycles. The van der Waals surface area contributed by atoms with Crippen molar-refractivity contribution in [2.75, 3.05) is 33.5 Å². The summed E-state index contributed by atoms with van der Waals surface area (Å²) in [5, 5.41) is 0. The van der Waals surface area contributed by atoms with Gasteiger partial charge < -0.3 is 20.1 Å². The Morgan fingerprint density at radius 2 is 2.00 bits per heavy atom. The standard InChI is InChI=1S/C12H16N2O4/c1-14(7-10(15)18-3)12(16)8-5-4-6-9(17-2)11(8)13/h4-6H,7,13H2,1-3H3. The van der Waals surface area contributed by atoms with Crippen LogP contribution in [0.15, 0.2) is 18.2 Å². The topological polar surface area (TPSA) is 81.9 Å². The van der Waals surface area contributed by atoms with Gasteiger partial charge in [0, 0.05) is 7.05 Å². The Morgan fingerprint density at radius 1 is 1.33 bits per heavy atom. The molecule has 2 N–H and O–H groups in total. The van der Waals surface area contributed by atoms with Gasteiger partial charge in [-0.05, 0) is 12.1 Å². The van der Waals surface area contributed by atoms with Gasteiger partial charge in [0.05, 0.1) is 25.5 Å². The van der Waals surface area contributed by atoms with Crippen LogP contribution in [0.5, 0.6) is 5.75 Å². The SMILES string of the molecule is COC(=O)CN(C)C(=O)c1cccc(OC)c1N. The molecule has 1 aromatic carbocycles. The highest BCUT2D eigenvalue weighted by molar-refractivity contribution is 6.01. The van der Waals surface area contributed by atoms with E-state index in [0.717, 1.165) is 0 Å². The fourth-order valence-corrected chi connectivity index (χ4v) is 1.44. The summed E-state index contributed by atoms with van der Waals surface area (Å²) in [7, 11) is 4.23. The maximum atomic E-state index is 12.1. The monoisotopic (exact) mass is 252 g/mol. The molecular formula is C12H16N2O4. The Balaban J connectivity index is 2.93. The Morgan fingerprint density at radius 3 is 2.56 bits per heavy atom. The number of benzene rings is 1. The molecule has 18 heavy (non-hydrogen) atoms. The summed E-state index contributed by atoms with van der Waals surface area (Å²) in [5.41, 5.74) is 6.35. The molecule has 0 aliphatic carbocycles. The van der Waals surface area contributed by atoms with Crippen molar-refractivity contribution in [2.24, 2.45) is 0 Å². The number of carbonyl (C=O) groups excluding carboxylic acids is 2. The molecule has 1 rings (SSSR count). The van der Waals surface area contributed by atoms with Crippen molar-refractivity contribution in [3.8, 4) is 5.75 Å². The highest BCUT2D eigenvalue weighted by Gasteiger charge is 2.19. The number of nitrogens with two attached hydrogens (primary N) is 1. The van der Waals surface area contributed by atoms with Gasteiger partial charge in [-0.15, -0.1) is 0 Å². The lowest BCUT2D eigenvalue weighted by Crippen LogP contribution is -2.33. The van der Waals surface area contributed by atoms with Crippen molar-refractivity contribution in [1.82, 2.24) is 4.90 Å². The number of methoxy groups -OCH3 is 2. The van der Waals surface area contributed by atoms with Crippen LogP contribution in [0.3, 0.4) is 0 Å². The molecular weight excluding hydrogens is 236 g/mol. The van der Waals surface area contributed by atoms with Crippen LogP contribution in [0.4, 0.5) is 5.69 Å². The highest BCUT2D eigenvalue weighted by atomic mass is 16.5. The maximum absolute atomic E-state index is 12.1. The minimum atomic E-state index is -0.493. The number of likely N-dealkylation sites (N-methyl/N-ethyl adjacent to an activating group) is 1. The average Bonchev–Trinajstić information content (AvgIpc) is 2.38. The number of hydrogen-bond donors (Lipinski definition) is 1. The molecule has 0 aliphatic rings. The van der Waals surface area contributed by atoms with Crippen LogP contribution in [0, 0.1) is 0 Å². The second-order valence-electron chi connectivity index (χ2n) is 3.66. The number of anilines is 1. The van der Waals surface area contributed by atoms with E-state index in [2.05, 4.69) is 4.74 Å². The molecule has 1 amide bonds. The number of nitrogen functional groups attached to an aromatic ring is 1. The number of hydrogen-bond acceptors (Lipinski definition) is 5. The third-order valence-corrected chi connectivity index (χ3v) is 2.46. The second-order valence-corrected chi connectivity index (χ2v) is 3.66. The molecule has 6 heteroatoms. The van der Waals surface area contributed by atoms with E-state index in [4.69, 9.17) is 10.5 Å². The first-order valence-corrected chi connectivity index (χ1v) is 5.26. The quantitative estimate of drug-likeness (QED) is 0.624. The number of ether oxygens (including phenoxy) is 2. The summed E-state index contributed by atoms with van der Waals surface area (Å²) in [6, 6.07) is 4.90. The van der Waals surface area contributed by atoms with E-state index in [1.807, 2.05) is 0 Å². The van der Waals surface area contributed by atoms with Crippen LogP contribution >= 0.6 is 0 Å². The van der Waals surface area contributed by atoms with Crippen LogP contribution in [0.25, 0.3) is 0 Å². The first-order valence-electron chi connectivity index (χ1n) is 5.26. The fourth-order valence-electron chi connectivity index (χ4n) is 1.44. The zero-order valence-corrected chi connectivity index (χ0v) is 10.6. The van der Waals surface area contributed by atoms with Crippen molar-refractivity contribution in [2.45, 2.75) is 0 Å². The van der Waals surface area contributed by atoms with Gasteiger partial charge in [-0.2, -0.15) is 0 Å². The molecule has 0 spiro atoms. The summed E-state index contributed by atoms with van der Waals surface area (Å²) >= 11 is 0. The predicted molar refractivity (Wildman–Crippen MR) is 66.4 cm³/mol. The molecule has 0 atom stereocenters. The summed E-state index contributed by atoms with van der Waals surface area (Å²) in [4.78, 5) is 24.4. The molecule has 0 saturated carbocycles. The lowest BCUT2D eigenvalue weighted by atomic mass is 10.1. The van der Waals surface area contributed by atoms with Gasteiger partial charge in [-0.3, -0.25) is 9.59 Å². The molecule has 1 aromatic rings. The Bertz CT molecular complexity index is 459. The minimum absolute atomic E-state index is 0.133. The number of nitrogens with zero attached hydrogens (tertiary/aromatic N) is 1.